The summed E-state index contributed by atoms with van der Waals surface area (Å²) in [5.41, 5.74) is 1.77. The van der Waals surface area contributed by atoms with Gasteiger partial charge in [0.1, 0.15) is 13.2 Å². The summed E-state index contributed by atoms with van der Waals surface area (Å²) in [4.78, 5) is 16.7. The first-order valence-electron chi connectivity index (χ1n) is 8.29. The number of aliphatic hydroxyl groups excluding tert-OH is 1. The molecule has 138 valence electrons. The second-order valence-electron chi connectivity index (χ2n) is 5.84. The third-order valence-corrected chi connectivity index (χ3v) is 4.19. The van der Waals surface area contributed by atoms with Crippen molar-refractivity contribution in [2.45, 2.75) is 26.3 Å². The fraction of sp³-hybridized carbons (Fsp3) is 0.263. The zero-order chi connectivity index (χ0) is 19.2. The highest BCUT2D eigenvalue weighted by Crippen LogP contribution is 2.11. The first kappa shape index (κ1) is 18.8. The molecule has 3 aromatic rings. The number of aromatic nitrogens is 4. The van der Waals surface area contributed by atoms with Gasteiger partial charge in [-0.3, -0.25) is 4.79 Å². The second kappa shape index (κ2) is 8.62. The number of hydrogen-bond donors (Lipinski definition) is 1. The molecule has 0 saturated carbocycles. The molecule has 0 fully saturated rings. The van der Waals surface area contributed by atoms with Crippen molar-refractivity contribution < 1.29 is 9.63 Å². The maximum absolute atomic E-state index is 12.4. The first-order chi connectivity index (χ1) is 13.1. The molecule has 0 bridgehead atoms. The minimum Gasteiger partial charge on any atom is -0.384 e. The van der Waals surface area contributed by atoms with Crippen LogP contribution in [0.4, 0.5) is 0 Å². The largest absolute Gasteiger partial charge is 0.384 e. The van der Waals surface area contributed by atoms with Gasteiger partial charge in [0.2, 0.25) is 5.89 Å². The highest BCUT2D eigenvalue weighted by atomic mass is 35.5. The first-order valence-corrected chi connectivity index (χ1v) is 8.67. The van der Waals surface area contributed by atoms with Gasteiger partial charge in [0, 0.05) is 17.0 Å². The summed E-state index contributed by atoms with van der Waals surface area (Å²) < 4.78 is 6.47. The molecule has 1 aromatic carbocycles. The van der Waals surface area contributed by atoms with Gasteiger partial charge < -0.3 is 9.63 Å². The van der Waals surface area contributed by atoms with Gasteiger partial charge in [0.05, 0.1) is 11.8 Å². The van der Waals surface area contributed by atoms with Gasteiger partial charge in [-0.05, 0) is 31.0 Å². The molecule has 0 aliphatic rings. The molecule has 0 atom stereocenters. The third kappa shape index (κ3) is 4.82. The van der Waals surface area contributed by atoms with Crippen LogP contribution in [-0.4, -0.2) is 31.6 Å². The topological polar surface area (TPSA) is 94.0 Å². The van der Waals surface area contributed by atoms with E-state index < -0.39 is 0 Å². The Morgan fingerprint density at radius 2 is 2.04 bits per heavy atom. The maximum Gasteiger partial charge on any atom is 0.271 e. The molecular weight excluding hydrogens is 368 g/mol. The number of aliphatic hydroxyl groups is 1. The lowest BCUT2D eigenvalue weighted by molar-refractivity contribution is 0.350. The minimum absolute atomic E-state index is 0.0846. The summed E-state index contributed by atoms with van der Waals surface area (Å²) in [5.74, 6) is 6.08. The van der Waals surface area contributed by atoms with E-state index in [0.717, 1.165) is 12.0 Å². The van der Waals surface area contributed by atoms with Crippen molar-refractivity contribution in [1.29, 1.82) is 0 Å². The molecule has 0 spiro atoms. The van der Waals surface area contributed by atoms with Crippen molar-refractivity contribution in [3.05, 3.63) is 74.2 Å². The van der Waals surface area contributed by atoms with Gasteiger partial charge in [0.15, 0.2) is 5.82 Å². The Labute approximate surface area is 160 Å². The molecule has 2 aromatic heterocycles. The van der Waals surface area contributed by atoms with Gasteiger partial charge in [-0.25, -0.2) is 4.68 Å². The van der Waals surface area contributed by atoms with Crippen LogP contribution in [0, 0.1) is 18.8 Å². The van der Waals surface area contributed by atoms with Gasteiger partial charge in [0.25, 0.3) is 5.56 Å². The van der Waals surface area contributed by atoms with E-state index >= 15 is 0 Å². The molecule has 8 heteroatoms. The number of hydrogen-bond acceptors (Lipinski definition) is 6. The smallest absolute Gasteiger partial charge is 0.271 e. The van der Waals surface area contributed by atoms with Crippen molar-refractivity contribution in [3.63, 3.8) is 0 Å². The van der Waals surface area contributed by atoms with Gasteiger partial charge in [-0.15, -0.1) is 0 Å². The minimum atomic E-state index is -0.291. The molecule has 7 nitrogen and oxygen atoms in total. The molecular formula is C19H17ClN4O3. The van der Waals surface area contributed by atoms with Gasteiger partial charge >= 0.3 is 0 Å². The quantitative estimate of drug-likeness (QED) is 0.674. The van der Waals surface area contributed by atoms with E-state index in [2.05, 4.69) is 27.1 Å². The standard InChI is InChI=1S/C19H17ClN4O3/c1-13-15(3-2-10-25)11-21-24(19(13)26)12-18-22-17(23-27-18)9-6-14-4-7-16(20)8-5-14/h4-5,7-8,11,25H,6,9-10,12H2,1H3. The lowest BCUT2D eigenvalue weighted by atomic mass is 10.1. The van der Waals surface area contributed by atoms with E-state index in [0.29, 0.717) is 34.3 Å². The van der Waals surface area contributed by atoms with E-state index in [1.54, 1.807) is 6.92 Å². The van der Waals surface area contributed by atoms with E-state index in [4.69, 9.17) is 21.2 Å². The van der Waals surface area contributed by atoms with Crippen molar-refractivity contribution in [2.75, 3.05) is 6.61 Å². The van der Waals surface area contributed by atoms with Crippen LogP contribution in [0.25, 0.3) is 0 Å². The number of benzene rings is 1. The third-order valence-electron chi connectivity index (χ3n) is 3.93. The van der Waals surface area contributed by atoms with Crippen LogP contribution in [0.5, 0.6) is 0 Å². The Bertz CT molecular complexity index is 1050. The molecule has 3 rings (SSSR count). The summed E-state index contributed by atoms with van der Waals surface area (Å²) in [6, 6.07) is 7.59. The molecule has 0 saturated heterocycles. The second-order valence-corrected chi connectivity index (χ2v) is 6.27. The zero-order valence-electron chi connectivity index (χ0n) is 14.6. The average Bonchev–Trinajstić information content (AvgIpc) is 3.12. The van der Waals surface area contributed by atoms with E-state index in [1.807, 2.05) is 24.3 Å². The molecule has 1 N–H and O–H groups in total. The zero-order valence-corrected chi connectivity index (χ0v) is 15.4. The van der Waals surface area contributed by atoms with Gasteiger partial charge in [-0.2, -0.15) is 10.1 Å². The van der Waals surface area contributed by atoms with Crippen LogP contribution in [0.15, 0.2) is 39.8 Å². The maximum atomic E-state index is 12.4. The number of nitrogens with zero attached hydrogens (tertiary/aromatic N) is 4. The predicted molar refractivity (Wildman–Crippen MR) is 99.5 cm³/mol. The highest BCUT2D eigenvalue weighted by Gasteiger charge is 2.11. The van der Waals surface area contributed by atoms with E-state index in [9.17, 15) is 4.79 Å². The molecule has 2 heterocycles. The molecule has 0 aliphatic carbocycles. The lowest BCUT2D eigenvalue weighted by Crippen LogP contribution is -2.26. The summed E-state index contributed by atoms with van der Waals surface area (Å²) in [6.07, 6.45) is 2.85. The summed E-state index contributed by atoms with van der Waals surface area (Å²) >= 11 is 5.88. The number of rotatable bonds is 5. The fourth-order valence-electron chi connectivity index (χ4n) is 2.45. The van der Waals surface area contributed by atoms with Crippen LogP contribution in [0.3, 0.4) is 0 Å². The van der Waals surface area contributed by atoms with Crippen LogP contribution in [-0.2, 0) is 19.4 Å². The monoisotopic (exact) mass is 384 g/mol. The van der Waals surface area contributed by atoms with Crippen LogP contribution >= 0.6 is 11.6 Å². The highest BCUT2D eigenvalue weighted by molar-refractivity contribution is 6.30. The van der Waals surface area contributed by atoms with E-state index in [1.165, 1.54) is 10.9 Å². The van der Waals surface area contributed by atoms with Crippen molar-refractivity contribution in [2.24, 2.45) is 0 Å². The summed E-state index contributed by atoms with van der Waals surface area (Å²) in [5, 5.41) is 17.5. The summed E-state index contributed by atoms with van der Waals surface area (Å²) in [7, 11) is 0. The fourth-order valence-corrected chi connectivity index (χ4v) is 2.58. The van der Waals surface area contributed by atoms with Crippen molar-refractivity contribution >= 4 is 11.6 Å². The molecule has 0 radical (unpaired) electrons. The predicted octanol–water partition coefficient (Wildman–Crippen LogP) is 1.77. The van der Waals surface area contributed by atoms with Crippen LogP contribution < -0.4 is 5.56 Å². The van der Waals surface area contributed by atoms with Crippen LogP contribution in [0.1, 0.15) is 28.4 Å². The van der Waals surface area contributed by atoms with E-state index in [-0.39, 0.29) is 18.7 Å². The van der Waals surface area contributed by atoms with Crippen molar-refractivity contribution in [1.82, 2.24) is 19.9 Å². The Kier molecular flexibility index (Phi) is 6.01. The SMILES string of the molecule is Cc1c(C#CCO)cnn(Cc2nc(CCc3ccc(Cl)cc3)no2)c1=O. The average molecular weight is 385 g/mol. The Hall–Kier alpha value is -2.95. The molecule has 0 aliphatic heterocycles. The summed E-state index contributed by atoms with van der Waals surface area (Å²) in [6.45, 7) is 1.47. The van der Waals surface area contributed by atoms with Crippen molar-refractivity contribution in [3.8, 4) is 11.8 Å². The van der Waals surface area contributed by atoms with Gasteiger partial charge in [-0.1, -0.05) is 40.7 Å². The number of aryl methyl sites for hydroxylation is 2. The molecule has 0 amide bonds. The Balaban J connectivity index is 1.68. The molecule has 27 heavy (non-hydrogen) atoms. The van der Waals surface area contributed by atoms with Crippen LogP contribution in [0.2, 0.25) is 5.02 Å². The lowest BCUT2D eigenvalue weighted by Gasteiger charge is -2.03. The molecule has 0 unspecified atom stereocenters. The Morgan fingerprint density at radius 3 is 2.78 bits per heavy atom. The normalized spacial score (nSPS) is 10.5. The number of halogens is 1. The Morgan fingerprint density at radius 1 is 1.26 bits per heavy atom.